The highest BCUT2D eigenvalue weighted by molar-refractivity contribution is 5.90. The van der Waals surface area contributed by atoms with Gasteiger partial charge in [-0.25, -0.2) is 0 Å². The van der Waals surface area contributed by atoms with Crippen molar-refractivity contribution in [2.75, 3.05) is 13.1 Å². The van der Waals surface area contributed by atoms with E-state index in [1.54, 1.807) is 0 Å². The number of ketones is 1. The van der Waals surface area contributed by atoms with Crippen molar-refractivity contribution in [2.45, 2.75) is 57.4 Å². The number of likely N-dealkylation sites (tertiary alicyclic amines) is 1. The fraction of sp³-hybridized carbons (Fsp3) is 0.611. The summed E-state index contributed by atoms with van der Waals surface area (Å²) in [6.45, 7) is 4.35. The van der Waals surface area contributed by atoms with E-state index in [1.165, 1.54) is 36.8 Å². The molecule has 1 aliphatic heterocycles. The van der Waals surface area contributed by atoms with Crippen LogP contribution in [0.3, 0.4) is 0 Å². The summed E-state index contributed by atoms with van der Waals surface area (Å²) in [5.41, 5.74) is 2.30. The van der Waals surface area contributed by atoms with Crippen LogP contribution >= 0.6 is 0 Å². The Balaban J connectivity index is 1.79. The largest absolute Gasteiger partial charge is 0.297 e. The number of rotatable bonds is 4. The minimum atomic E-state index is -0.125. The second-order valence-electron chi connectivity index (χ2n) is 6.52. The smallest absolute Gasteiger partial charge is 0.157 e. The molecule has 0 N–H and O–H groups in total. The molecule has 1 heterocycles. The molecule has 1 saturated heterocycles. The van der Waals surface area contributed by atoms with Gasteiger partial charge in [0.25, 0.3) is 0 Å². The van der Waals surface area contributed by atoms with E-state index >= 15 is 0 Å². The van der Waals surface area contributed by atoms with E-state index < -0.39 is 0 Å². The van der Waals surface area contributed by atoms with E-state index in [1.807, 2.05) is 0 Å². The number of nitrogens with zero attached hydrogens (tertiary/aromatic N) is 1. The van der Waals surface area contributed by atoms with Gasteiger partial charge < -0.3 is 0 Å². The fourth-order valence-corrected chi connectivity index (χ4v) is 4.05. The molecular formula is C18H25NO. The van der Waals surface area contributed by atoms with Crippen molar-refractivity contribution in [3.05, 3.63) is 35.4 Å². The van der Waals surface area contributed by atoms with Crippen molar-refractivity contribution in [1.82, 2.24) is 4.90 Å². The van der Waals surface area contributed by atoms with Crippen LogP contribution in [0.2, 0.25) is 0 Å². The zero-order valence-corrected chi connectivity index (χ0v) is 12.5. The van der Waals surface area contributed by atoms with Gasteiger partial charge in [0.2, 0.25) is 0 Å². The Bertz CT molecular complexity index is 482. The number of benzene rings is 1. The van der Waals surface area contributed by atoms with Crippen LogP contribution in [0.25, 0.3) is 0 Å². The van der Waals surface area contributed by atoms with Crippen LogP contribution in [0.5, 0.6) is 0 Å². The maximum atomic E-state index is 13.0. The maximum Gasteiger partial charge on any atom is 0.157 e. The molecule has 0 spiro atoms. The van der Waals surface area contributed by atoms with Crippen LogP contribution in [0, 0.1) is 6.92 Å². The average molecular weight is 271 g/mol. The van der Waals surface area contributed by atoms with Crippen molar-refractivity contribution in [3.63, 3.8) is 0 Å². The van der Waals surface area contributed by atoms with Gasteiger partial charge in [-0.1, -0.05) is 42.7 Å². The first-order valence-electron chi connectivity index (χ1n) is 8.05. The molecule has 0 radical (unpaired) electrons. The lowest BCUT2D eigenvalue weighted by Crippen LogP contribution is -2.52. The van der Waals surface area contributed by atoms with Crippen molar-refractivity contribution < 1.29 is 4.79 Å². The molecule has 2 fully saturated rings. The first-order valence-corrected chi connectivity index (χ1v) is 8.05. The van der Waals surface area contributed by atoms with Gasteiger partial charge in [-0.15, -0.1) is 0 Å². The number of carbonyl (C=O) groups is 1. The van der Waals surface area contributed by atoms with Gasteiger partial charge in [-0.2, -0.15) is 0 Å². The highest BCUT2D eigenvalue weighted by atomic mass is 16.1. The van der Waals surface area contributed by atoms with E-state index in [0.717, 1.165) is 25.9 Å². The van der Waals surface area contributed by atoms with Gasteiger partial charge in [0.05, 0.1) is 5.54 Å². The molecule has 0 atom stereocenters. The van der Waals surface area contributed by atoms with Crippen LogP contribution in [-0.2, 0) is 11.2 Å². The lowest BCUT2D eigenvalue weighted by Gasteiger charge is -2.37. The van der Waals surface area contributed by atoms with Gasteiger partial charge in [-0.3, -0.25) is 9.69 Å². The Morgan fingerprint density at radius 1 is 1.15 bits per heavy atom. The standard InChI is InChI=1S/C18H25NO/c1-15-7-6-8-16(13-15)14-17(20)18(9-2-3-10-18)19-11-4-5-12-19/h6-8,13H,2-5,9-12,14H2,1H3. The Labute approximate surface area is 122 Å². The molecule has 0 aromatic heterocycles. The summed E-state index contributed by atoms with van der Waals surface area (Å²) in [6, 6.07) is 8.41. The molecule has 1 aliphatic carbocycles. The van der Waals surface area contributed by atoms with E-state index in [2.05, 4.69) is 36.1 Å². The summed E-state index contributed by atoms with van der Waals surface area (Å²) in [5.74, 6) is 0.461. The van der Waals surface area contributed by atoms with E-state index in [9.17, 15) is 4.79 Å². The first-order chi connectivity index (χ1) is 9.71. The SMILES string of the molecule is Cc1cccc(CC(=O)C2(N3CCCC3)CCCC2)c1. The molecular weight excluding hydrogens is 246 g/mol. The highest BCUT2D eigenvalue weighted by Gasteiger charge is 2.45. The quantitative estimate of drug-likeness (QED) is 0.835. The number of carbonyl (C=O) groups excluding carboxylic acids is 1. The first kappa shape index (κ1) is 13.8. The third kappa shape index (κ3) is 2.54. The summed E-state index contributed by atoms with van der Waals surface area (Å²) >= 11 is 0. The van der Waals surface area contributed by atoms with E-state index in [-0.39, 0.29) is 5.54 Å². The molecule has 2 aliphatic rings. The van der Waals surface area contributed by atoms with E-state index in [0.29, 0.717) is 12.2 Å². The summed E-state index contributed by atoms with van der Waals surface area (Å²) < 4.78 is 0. The topological polar surface area (TPSA) is 20.3 Å². The lowest BCUT2D eigenvalue weighted by atomic mass is 9.86. The Hall–Kier alpha value is -1.15. The van der Waals surface area contributed by atoms with Gasteiger partial charge in [0, 0.05) is 6.42 Å². The predicted octanol–water partition coefficient (Wildman–Crippen LogP) is 3.52. The van der Waals surface area contributed by atoms with Crippen LogP contribution in [0.15, 0.2) is 24.3 Å². The second kappa shape index (κ2) is 5.69. The van der Waals surface area contributed by atoms with Crippen LogP contribution in [0.4, 0.5) is 0 Å². The third-order valence-corrected chi connectivity index (χ3v) is 5.11. The van der Waals surface area contributed by atoms with Crippen LogP contribution in [-0.4, -0.2) is 29.3 Å². The van der Waals surface area contributed by atoms with Crippen molar-refractivity contribution in [1.29, 1.82) is 0 Å². The molecule has 0 bridgehead atoms. The minimum Gasteiger partial charge on any atom is -0.297 e. The monoisotopic (exact) mass is 271 g/mol. The maximum absolute atomic E-state index is 13.0. The highest BCUT2D eigenvalue weighted by Crippen LogP contribution is 2.38. The van der Waals surface area contributed by atoms with Crippen LogP contribution < -0.4 is 0 Å². The molecule has 20 heavy (non-hydrogen) atoms. The molecule has 2 heteroatoms. The average Bonchev–Trinajstić information content (AvgIpc) is 3.11. The predicted molar refractivity (Wildman–Crippen MR) is 81.9 cm³/mol. The fourth-order valence-electron chi connectivity index (χ4n) is 4.05. The zero-order valence-electron chi connectivity index (χ0n) is 12.5. The molecule has 0 unspecified atom stereocenters. The Morgan fingerprint density at radius 2 is 1.85 bits per heavy atom. The summed E-state index contributed by atoms with van der Waals surface area (Å²) in [7, 11) is 0. The van der Waals surface area contributed by atoms with Crippen molar-refractivity contribution in [3.8, 4) is 0 Å². The van der Waals surface area contributed by atoms with Crippen molar-refractivity contribution >= 4 is 5.78 Å². The number of hydrogen-bond donors (Lipinski definition) is 0. The van der Waals surface area contributed by atoms with Gasteiger partial charge in [0.1, 0.15) is 0 Å². The molecule has 1 aromatic rings. The van der Waals surface area contributed by atoms with Gasteiger partial charge >= 0.3 is 0 Å². The molecule has 3 rings (SSSR count). The van der Waals surface area contributed by atoms with Gasteiger partial charge in [0.15, 0.2) is 5.78 Å². The van der Waals surface area contributed by atoms with E-state index in [4.69, 9.17) is 0 Å². The normalized spacial score (nSPS) is 22.2. The molecule has 2 nitrogen and oxygen atoms in total. The summed E-state index contributed by atoms with van der Waals surface area (Å²) in [4.78, 5) is 15.5. The number of hydrogen-bond acceptors (Lipinski definition) is 2. The minimum absolute atomic E-state index is 0.125. The molecule has 108 valence electrons. The van der Waals surface area contributed by atoms with Crippen LogP contribution in [0.1, 0.15) is 49.7 Å². The Morgan fingerprint density at radius 3 is 2.50 bits per heavy atom. The Kier molecular flexibility index (Phi) is 3.93. The zero-order chi connectivity index (χ0) is 14.0. The lowest BCUT2D eigenvalue weighted by molar-refractivity contribution is -0.129. The summed E-state index contributed by atoms with van der Waals surface area (Å²) in [5, 5.41) is 0. The second-order valence-corrected chi connectivity index (χ2v) is 6.52. The number of Topliss-reactive ketones (excluding diaryl/α,β-unsaturated/α-hetero) is 1. The molecule has 0 amide bonds. The molecule has 1 saturated carbocycles. The summed E-state index contributed by atoms with van der Waals surface area (Å²) in [6.07, 6.45) is 7.73. The van der Waals surface area contributed by atoms with Crippen molar-refractivity contribution in [2.24, 2.45) is 0 Å². The van der Waals surface area contributed by atoms with Gasteiger partial charge in [-0.05, 0) is 51.3 Å². The third-order valence-electron chi connectivity index (χ3n) is 5.11. The number of aryl methyl sites for hydroxylation is 1. The molecule has 1 aromatic carbocycles.